The summed E-state index contributed by atoms with van der Waals surface area (Å²) in [6, 6.07) is 10.4. The van der Waals surface area contributed by atoms with E-state index in [1.165, 1.54) is 22.3 Å². The lowest BCUT2D eigenvalue weighted by Crippen LogP contribution is -2.03. The van der Waals surface area contributed by atoms with Gasteiger partial charge in [0.05, 0.1) is 6.61 Å². The number of hydrogen-bond acceptors (Lipinski definition) is 3. The SMILES string of the molecule is COCOCc1ccc(Cc2ccc(O)c(C)c2C)cc1C(C)C. The minimum Gasteiger partial charge on any atom is -0.508 e. The smallest absolute Gasteiger partial charge is 0.146 e. The van der Waals surface area contributed by atoms with Crippen LogP contribution in [0.4, 0.5) is 0 Å². The fraction of sp³-hybridized carbons (Fsp3) is 0.429. The van der Waals surface area contributed by atoms with Crippen LogP contribution < -0.4 is 0 Å². The molecule has 2 aromatic carbocycles. The van der Waals surface area contributed by atoms with Crippen molar-refractivity contribution in [2.24, 2.45) is 0 Å². The Bertz CT molecular complexity index is 690. The highest BCUT2D eigenvalue weighted by atomic mass is 16.7. The number of ether oxygens (including phenoxy) is 2. The van der Waals surface area contributed by atoms with E-state index in [0.29, 0.717) is 25.1 Å². The predicted octanol–water partition coefficient (Wildman–Crippen LogP) is 4.84. The van der Waals surface area contributed by atoms with Crippen molar-refractivity contribution in [3.05, 3.63) is 63.7 Å². The van der Waals surface area contributed by atoms with Crippen LogP contribution in [-0.2, 0) is 22.5 Å². The van der Waals surface area contributed by atoms with Gasteiger partial charge < -0.3 is 14.6 Å². The lowest BCUT2D eigenvalue weighted by Gasteiger charge is -2.16. The van der Waals surface area contributed by atoms with Gasteiger partial charge in [-0.15, -0.1) is 0 Å². The zero-order valence-corrected chi connectivity index (χ0v) is 15.3. The van der Waals surface area contributed by atoms with Crippen molar-refractivity contribution in [3.8, 4) is 5.75 Å². The van der Waals surface area contributed by atoms with Gasteiger partial charge in [-0.1, -0.05) is 38.1 Å². The standard InChI is InChI=1S/C21H28O3/c1-14(2)20-11-17(6-7-19(20)12-24-13-23-5)10-18-8-9-21(22)16(4)15(18)3/h6-9,11,14,22H,10,12-13H2,1-5H3. The van der Waals surface area contributed by atoms with Crippen molar-refractivity contribution >= 4 is 0 Å². The normalized spacial score (nSPS) is 11.2. The van der Waals surface area contributed by atoms with E-state index >= 15 is 0 Å². The number of aromatic hydroxyl groups is 1. The van der Waals surface area contributed by atoms with Gasteiger partial charge >= 0.3 is 0 Å². The first-order valence-electron chi connectivity index (χ1n) is 8.40. The van der Waals surface area contributed by atoms with Crippen LogP contribution in [0, 0.1) is 13.8 Å². The van der Waals surface area contributed by atoms with Crippen molar-refractivity contribution < 1.29 is 14.6 Å². The molecule has 0 amide bonds. The first-order chi connectivity index (χ1) is 11.4. The van der Waals surface area contributed by atoms with Crippen LogP contribution in [0.25, 0.3) is 0 Å². The van der Waals surface area contributed by atoms with Crippen molar-refractivity contribution in [1.29, 1.82) is 0 Å². The van der Waals surface area contributed by atoms with Gasteiger partial charge in [-0.25, -0.2) is 0 Å². The number of phenols is 1. The van der Waals surface area contributed by atoms with Crippen LogP contribution in [0.2, 0.25) is 0 Å². The maximum absolute atomic E-state index is 9.82. The number of methoxy groups -OCH3 is 1. The van der Waals surface area contributed by atoms with E-state index in [9.17, 15) is 5.11 Å². The zero-order chi connectivity index (χ0) is 17.7. The Morgan fingerprint density at radius 2 is 1.71 bits per heavy atom. The molecule has 0 saturated heterocycles. The molecule has 0 heterocycles. The van der Waals surface area contributed by atoms with Gasteiger partial charge in [0.25, 0.3) is 0 Å². The molecule has 0 unspecified atom stereocenters. The fourth-order valence-corrected chi connectivity index (χ4v) is 2.93. The van der Waals surface area contributed by atoms with E-state index in [-0.39, 0.29) is 0 Å². The topological polar surface area (TPSA) is 38.7 Å². The first kappa shape index (κ1) is 18.5. The molecule has 0 radical (unpaired) electrons. The fourth-order valence-electron chi connectivity index (χ4n) is 2.93. The molecule has 0 aliphatic rings. The van der Waals surface area contributed by atoms with E-state index in [0.717, 1.165) is 17.5 Å². The van der Waals surface area contributed by atoms with Crippen LogP contribution >= 0.6 is 0 Å². The predicted molar refractivity (Wildman–Crippen MR) is 97.6 cm³/mol. The van der Waals surface area contributed by atoms with Gasteiger partial charge in [-0.2, -0.15) is 0 Å². The molecule has 0 atom stereocenters. The molecule has 3 nitrogen and oxygen atoms in total. The number of benzene rings is 2. The van der Waals surface area contributed by atoms with Crippen LogP contribution in [0.1, 0.15) is 53.1 Å². The Hall–Kier alpha value is -1.84. The second kappa shape index (κ2) is 8.32. The average molecular weight is 328 g/mol. The van der Waals surface area contributed by atoms with E-state index < -0.39 is 0 Å². The third-order valence-corrected chi connectivity index (χ3v) is 4.56. The lowest BCUT2D eigenvalue weighted by atomic mass is 9.91. The summed E-state index contributed by atoms with van der Waals surface area (Å²) >= 11 is 0. The molecule has 1 N–H and O–H groups in total. The van der Waals surface area contributed by atoms with Gasteiger partial charge in [0, 0.05) is 7.11 Å². The van der Waals surface area contributed by atoms with Crippen molar-refractivity contribution in [2.75, 3.05) is 13.9 Å². The minimum absolute atomic E-state index is 0.311. The second-order valence-electron chi connectivity index (χ2n) is 6.61. The molecule has 0 aromatic heterocycles. The monoisotopic (exact) mass is 328 g/mol. The molecule has 0 bridgehead atoms. The molecule has 2 aromatic rings. The van der Waals surface area contributed by atoms with Crippen LogP contribution in [0.3, 0.4) is 0 Å². The van der Waals surface area contributed by atoms with Gasteiger partial charge in [0.15, 0.2) is 0 Å². The summed E-state index contributed by atoms with van der Waals surface area (Å²) in [5.74, 6) is 0.804. The molecular formula is C21H28O3. The van der Waals surface area contributed by atoms with E-state index in [2.05, 4.69) is 39.0 Å². The molecule has 3 heteroatoms. The summed E-state index contributed by atoms with van der Waals surface area (Å²) in [5, 5.41) is 9.82. The summed E-state index contributed by atoms with van der Waals surface area (Å²) in [5.41, 5.74) is 7.18. The molecule has 0 aliphatic carbocycles. The highest BCUT2D eigenvalue weighted by Gasteiger charge is 2.11. The maximum atomic E-state index is 9.82. The zero-order valence-electron chi connectivity index (χ0n) is 15.3. The van der Waals surface area contributed by atoms with Crippen LogP contribution in [-0.4, -0.2) is 19.0 Å². The molecule has 2 rings (SSSR count). The Morgan fingerprint density at radius 1 is 1.00 bits per heavy atom. The number of hydrogen-bond donors (Lipinski definition) is 1. The van der Waals surface area contributed by atoms with Gasteiger partial charge in [-0.3, -0.25) is 0 Å². The Balaban J connectivity index is 2.25. The molecule has 130 valence electrons. The maximum Gasteiger partial charge on any atom is 0.146 e. The van der Waals surface area contributed by atoms with E-state index in [1.54, 1.807) is 13.2 Å². The largest absolute Gasteiger partial charge is 0.508 e. The van der Waals surface area contributed by atoms with Gasteiger partial charge in [-0.05, 0) is 65.6 Å². The van der Waals surface area contributed by atoms with Crippen LogP contribution in [0.15, 0.2) is 30.3 Å². The highest BCUT2D eigenvalue weighted by molar-refractivity contribution is 5.45. The molecular weight excluding hydrogens is 300 g/mol. The second-order valence-corrected chi connectivity index (χ2v) is 6.61. The van der Waals surface area contributed by atoms with Crippen LogP contribution in [0.5, 0.6) is 5.75 Å². The Kier molecular flexibility index (Phi) is 6.41. The Morgan fingerprint density at radius 3 is 2.38 bits per heavy atom. The third-order valence-electron chi connectivity index (χ3n) is 4.56. The Labute approximate surface area is 145 Å². The third kappa shape index (κ3) is 4.37. The van der Waals surface area contributed by atoms with Gasteiger partial charge in [0.2, 0.25) is 0 Å². The van der Waals surface area contributed by atoms with Crippen molar-refractivity contribution in [1.82, 2.24) is 0 Å². The summed E-state index contributed by atoms with van der Waals surface area (Å²) in [4.78, 5) is 0. The number of phenolic OH excluding ortho intramolecular Hbond substituents is 1. The molecule has 0 fully saturated rings. The molecule has 0 aliphatic heterocycles. The summed E-state index contributed by atoms with van der Waals surface area (Å²) in [6.45, 7) is 9.32. The highest BCUT2D eigenvalue weighted by Crippen LogP contribution is 2.27. The summed E-state index contributed by atoms with van der Waals surface area (Å²) in [7, 11) is 1.63. The quantitative estimate of drug-likeness (QED) is 0.583. The lowest BCUT2D eigenvalue weighted by molar-refractivity contribution is -0.0393. The average Bonchev–Trinajstić information content (AvgIpc) is 2.56. The van der Waals surface area contributed by atoms with E-state index in [1.807, 2.05) is 13.0 Å². The van der Waals surface area contributed by atoms with E-state index in [4.69, 9.17) is 9.47 Å². The number of rotatable bonds is 7. The molecule has 0 saturated carbocycles. The van der Waals surface area contributed by atoms with Crippen molar-refractivity contribution in [3.63, 3.8) is 0 Å². The van der Waals surface area contributed by atoms with Crippen molar-refractivity contribution in [2.45, 2.75) is 46.6 Å². The molecule has 24 heavy (non-hydrogen) atoms. The molecule has 0 spiro atoms. The summed E-state index contributed by atoms with van der Waals surface area (Å²) in [6.07, 6.45) is 0.867. The first-order valence-corrected chi connectivity index (χ1v) is 8.40. The van der Waals surface area contributed by atoms with Gasteiger partial charge in [0.1, 0.15) is 12.5 Å². The minimum atomic E-state index is 0.311. The summed E-state index contributed by atoms with van der Waals surface area (Å²) < 4.78 is 10.5.